The SMILES string of the molecule is CCCCCCC/C=C\[C@@H]1CCC(C)(C)C[C@H]1Cn1ccnc1. The fourth-order valence-corrected chi connectivity index (χ4v) is 4.01. The van der Waals surface area contributed by atoms with Gasteiger partial charge in [-0.25, -0.2) is 4.98 Å². The van der Waals surface area contributed by atoms with E-state index in [1.165, 1.54) is 57.8 Å². The summed E-state index contributed by atoms with van der Waals surface area (Å²) in [7, 11) is 0. The second kappa shape index (κ2) is 9.30. The molecule has 1 saturated carbocycles. The second-order valence-electron chi connectivity index (χ2n) is 8.22. The van der Waals surface area contributed by atoms with Crippen molar-refractivity contribution in [3.05, 3.63) is 30.9 Å². The van der Waals surface area contributed by atoms with E-state index in [-0.39, 0.29) is 0 Å². The quantitative estimate of drug-likeness (QED) is 0.389. The lowest BCUT2D eigenvalue weighted by Gasteiger charge is -2.40. The van der Waals surface area contributed by atoms with Crippen molar-refractivity contribution in [3.8, 4) is 0 Å². The van der Waals surface area contributed by atoms with Crippen molar-refractivity contribution >= 4 is 0 Å². The van der Waals surface area contributed by atoms with E-state index in [1.807, 2.05) is 12.5 Å². The molecule has 0 bridgehead atoms. The van der Waals surface area contributed by atoms with E-state index in [0.717, 1.165) is 18.4 Å². The molecule has 0 amide bonds. The van der Waals surface area contributed by atoms with Crippen molar-refractivity contribution < 1.29 is 0 Å². The molecule has 0 aromatic carbocycles. The van der Waals surface area contributed by atoms with Gasteiger partial charge >= 0.3 is 0 Å². The molecule has 0 spiro atoms. The highest BCUT2D eigenvalue weighted by Crippen LogP contribution is 2.43. The van der Waals surface area contributed by atoms with Gasteiger partial charge in [0.25, 0.3) is 0 Å². The van der Waals surface area contributed by atoms with Crippen LogP contribution in [-0.4, -0.2) is 9.55 Å². The van der Waals surface area contributed by atoms with Crippen LogP contribution < -0.4 is 0 Å². The molecule has 130 valence electrons. The lowest BCUT2D eigenvalue weighted by Crippen LogP contribution is -2.31. The molecule has 2 rings (SSSR count). The minimum absolute atomic E-state index is 0.496. The smallest absolute Gasteiger partial charge is 0.0946 e. The second-order valence-corrected chi connectivity index (χ2v) is 8.22. The van der Waals surface area contributed by atoms with Gasteiger partial charge in [0.2, 0.25) is 0 Å². The normalized spacial score (nSPS) is 24.3. The molecule has 23 heavy (non-hydrogen) atoms. The Morgan fingerprint density at radius 1 is 1.22 bits per heavy atom. The molecule has 0 N–H and O–H groups in total. The van der Waals surface area contributed by atoms with E-state index < -0.39 is 0 Å². The highest BCUT2D eigenvalue weighted by Gasteiger charge is 2.33. The molecule has 0 unspecified atom stereocenters. The predicted molar refractivity (Wildman–Crippen MR) is 99.4 cm³/mol. The van der Waals surface area contributed by atoms with Crippen molar-refractivity contribution in [2.45, 2.75) is 85.1 Å². The van der Waals surface area contributed by atoms with Crippen molar-refractivity contribution in [2.75, 3.05) is 0 Å². The minimum Gasteiger partial charge on any atom is -0.337 e. The van der Waals surface area contributed by atoms with Crippen LogP contribution in [0.1, 0.15) is 78.6 Å². The molecule has 0 saturated heterocycles. The van der Waals surface area contributed by atoms with Gasteiger partial charge in [0.05, 0.1) is 6.33 Å². The van der Waals surface area contributed by atoms with Crippen molar-refractivity contribution in [1.82, 2.24) is 9.55 Å². The van der Waals surface area contributed by atoms with Crippen LogP contribution in [0.5, 0.6) is 0 Å². The highest BCUT2D eigenvalue weighted by atomic mass is 15.0. The molecule has 1 aromatic heterocycles. The summed E-state index contributed by atoms with van der Waals surface area (Å²) in [4.78, 5) is 4.20. The number of nitrogens with zero attached hydrogens (tertiary/aromatic N) is 2. The van der Waals surface area contributed by atoms with Gasteiger partial charge in [0.15, 0.2) is 0 Å². The summed E-state index contributed by atoms with van der Waals surface area (Å²) in [5.41, 5.74) is 0.496. The monoisotopic (exact) mass is 316 g/mol. The van der Waals surface area contributed by atoms with Crippen LogP contribution in [0.25, 0.3) is 0 Å². The molecule has 1 fully saturated rings. The number of hydrogen-bond donors (Lipinski definition) is 0. The highest BCUT2D eigenvalue weighted by molar-refractivity contribution is 4.97. The Hall–Kier alpha value is -1.05. The molecular formula is C21H36N2. The maximum Gasteiger partial charge on any atom is 0.0946 e. The van der Waals surface area contributed by atoms with Gasteiger partial charge in [0, 0.05) is 18.9 Å². The van der Waals surface area contributed by atoms with Crippen LogP contribution in [0.4, 0.5) is 0 Å². The third kappa shape index (κ3) is 6.53. The van der Waals surface area contributed by atoms with Gasteiger partial charge in [-0.3, -0.25) is 0 Å². The zero-order valence-corrected chi connectivity index (χ0v) is 15.5. The zero-order chi connectivity index (χ0) is 16.5. The van der Waals surface area contributed by atoms with E-state index in [0.29, 0.717) is 5.41 Å². The van der Waals surface area contributed by atoms with Gasteiger partial charge in [0.1, 0.15) is 0 Å². The zero-order valence-electron chi connectivity index (χ0n) is 15.5. The van der Waals surface area contributed by atoms with Crippen LogP contribution >= 0.6 is 0 Å². The molecule has 1 aliphatic carbocycles. The maximum atomic E-state index is 4.20. The number of hydrogen-bond acceptors (Lipinski definition) is 1. The first-order valence-electron chi connectivity index (χ1n) is 9.73. The summed E-state index contributed by atoms with van der Waals surface area (Å²) in [5, 5.41) is 0. The van der Waals surface area contributed by atoms with E-state index in [9.17, 15) is 0 Å². The number of rotatable bonds is 9. The largest absolute Gasteiger partial charge is 0.337 e. The topological polar surface area (TPSA) is 17.8 Å². The summed E-state index contributed by atoms with van der Waals surface area (Å²) in [6, 6.07) is 0. The van der Waals surface area contributed by atoms with E-state index >= 15 is 0 Å². The minimum atomic E-state index is 0.496. The van der Waals surface area contributed by atoms with Crippen LogP contribution in [0.15, 0.2) is 30.9 Å². The number of aromatic nitrogens is 2. The molecule has 0 radical (unpaired) electrons. The molecule has 1 aliphatic rings. The van der Waals surface area contributed by atoms with Crippen LogP contribution in [-0.2, 0) is 6.54 Å². The van der Waals surface area contributed by atoms with Gasteiger partial charge < -0.3 is 4.57 Å². The Morgan fingerprint density at radius 3 is 2.78 bits per heavy atom. The molecule has 0 aliphatic heterocycles. The first-order valence-corrected chi connectivity index (χ1v) is 9.73. The first kappa shape index (κ1) is 18.3. The fourth-order valence-electron chi connectivity index (χ4n) is 4.01. The van der Waals surface area contributed by atoms with Crippen LogP contribution in [0.2, 0.25) is 0 Å². The van der Waals surface area contributed by atoms with E-state index in [2.05, 4.69) is 48.7 Å². The molecule has 1 heterocycles. The number of imidazole rings is 1. The Bertz CT molecular complexity index is 444. The van der Waals surface area contributed by atoms with Gasteiger partial charge in [-0.15, -0.1) is 0 Å². The third-order valence-corrected chi connectivity index (χ3v) is 5.44. The lowest BCUT2D eigenvalue weighted by molar-refractivity contribution is 0.128. The Balaban J connectivity index is 1.82. The maximum absolute atomic E-state index is 4.20. The van der Waals surface area contributed by atoms with Crippen LogP contribution in [0, 0.1) is 17.3 Å². The van der Waals surface area contributed by atoms with Gasteiger partial charge in [-0.1, -0.05) is 58.6 Å². The number of unbranched alkanes of at least 4 members (excludes halogenated alkanes) is 5. The van der Waals surface area contributed by atoms with Crippen molar-refractivity contribution in [2.24, 2.45) is 17.3 Å². The average Bonchev–Trinajstić information content (AvgIpc) is 3.01. The van der Waals surface area contributed by atoms with E-state index in [1.54, 1.807) is 0 Å². The van der Waals surface area contributed by atoms with Crippen molar-refractivity contribution in [1.29, 1.82) is 0 Å². The Labute approximate surface area is 143 Å². The molecule has 2 heteroatoms. The molecule has 1 aromatic rings. The standard InChI is InChI=1S/C21H36N2/c1-4-5-6-7-8-9-10-11-19-12-13-21(2,3)16-20(19)17-23-15-14-22-18-23/h10-11,14-15,18-20H,4-9,12-13,16-17H2,1-3H3/b11-10-/t19-,20+/m1/s1. The van der Waals surface area contributed by atoms with Gasteiger partial charge in [-0.05, 0) is 49.4 Å². The third-order valence-electron chi connectivity index (χ3n) is 5.44. The number of allylic oxidation sites excluding steroid dienone is 2. The summed E-state index contributed by atoms with van der Waals surface area (Å²) in [6.45, 7) is 8.27. The Morgan fingerprint density at radius 2 is 2.04 bits per heavy atom. The summed E-state index contributed by atoms with van der Waals surface area (Å²) in [6.07, 6.45) is 23.2. The fraction of sp³-hybridized carbons (Fsp3) is 0.762. The summed E-state index contributed by atoms with van der Waals surface area (Å²) >= 11 is 0. The predicted octanol–water partition coefficient (Wildman–Crippen LogP) is 6.24. The summed E-state index contributed by atoms with van der Waals surface area (Å²) in [5.74, 6) is 1.50. The first-order chi connectivity index (χ1) is 11.1. The Kier molecular flexibility index (Phi) is 7.39. The molecule has 2 atom stereocenters. The van der Waals surface area contributed by atoms with Crippen molar-refractivity contribution in [3.63, 3.8) is 0 Å². The van der Waals surface area contributed by atoms with Gasteiger partial charge in [-0.2, -0.15) is 0 Å². The average molecular weight is 317 g/mol. The lowest BCUT2D eigenvalue weighted by atomic mass is 9.67. The molecular weight excluding hydrogens is 280 g/mol. The van der Waals surface area contributed by atoms with Crippen LogP contribution in [0.3, 0.4) is 0 Å². The summed E-state index contributed by atoms with van der Waals surface area (Å²) < 4.78 is 2.26. The molecule has 2 nitrogen and oxygen atoms in total. The van der Waals surface area contributed by atoms with E-state index in [4.69, 9.17) is 0 Å².